The fourth-order valence-electron chi connectivity index (χ4n) is 23.0. The molecular formula is C113H125N17O19. The summed E-state index contributed by atoms with van der Waals surface area (Å²) in [4.78, 5) is 192. The number of rotatable bonds is 17. The fourth-order valence-corrected chi connectivity index (χ4v) is 23.0. The van der Waals surface area contributed by atoms with Crippen LogP contribution in [0.3, 0.4) is 0 Å². The number of hydrogen-bond donors (Lipinski definition) is 12. The number of nitrogens with one attached hydrogen (secondary N) is 7. The van der Waals surface area contributed by atoms with Crippen LogP contribution in [0.2, 0.25) is 0 Å². The monoisotopic (exact) mass is 2020 g/mol. The van der Waals surface area contributed by atoms with Crippen molar-refractivity contribution in [3.8, 4) is 0 Å². The van der Waals surface area contributed by atoms with E-state index in [2.05, 4.69) is 28.6 Å². The van der Waals surface area contributed by atoms with Gasteiger partial charge < -0.3 is 59.6 Å². The molecule has 149 heavy (non-hydrogen) atoms. The van der Waals surface area contributed by atoms with E-state index in [1.165, 1.54) is 0 Å². The van der Waals surface area contributed by atoms with Crippen LogP contribution in [0, 0.1) is 5.92 Å². The third-order valence-corrected chi connectivity index (χ3v) is 31.0. The quantitative estimate of drug-likeness (QED) is 0.0297. The first-order valence-electron chi connectivity index (χ1n) is 50.2. The number of likely N-dealkylation sites (tertiary alicyclic amines) is 5. The third kappa shape index (κ3) is 21.2. The lowest BCUT2D eigenvalue weighted by Crippen LogP contribution is -2.54. The first-order chi connectivity index (χ1) is 71.7. The van der Waals surface area contributed by atoms with Gasteiger partial charge in [-0.2, -0.15) is 0 Å². The van der Waals surface area contributed by atoms with Crippen molar-refractivity contribution in [3.63, 3.8) is 0 Å². The molecule has 0 unspecified atom stereocenters. The van der Waals surface area contributed by atoms with Gasteiger partial charge in [-0.05, 0) is 232 Å². The van der Waals surface area contributed by atoms with Gasteiger partial charge in [-0.1, -0.05) is 166 Å². The average Bonchev–Trinajstić information content (AvgIpc) is 1.60. The lowest BCUT2D eigenvalue weighted by Gasteiger charge is -2.46. The predicted molar refractivity (Wildman–Crippen MR) is 547 cm³/mol. The SMILES string of the molecule is CC(=O)N1CCC2(CC1)c1ccccc1C(=O)N2Cc1ccc(C(=O)NO)cc1.CC(C)C(=O)N1CCC2(CC1)c1ccccc1C(=O)N2Cc1ccc(C(=O)NO)cc1.CC(C)NC(=O)N1CCC2(CC1)c1ccccc1C(=O)N2Cc1ccc(C(=O)NO)cc1.CN1CCC2(CC1)c1ccccc1C(=O)N2Cc1ccc(C(=O)NO)cc1.CNC(=O)N1CCC2(CC1)c1ccccc1C(=O)N2Cc1ccc(C(=O)NO)cc1. The number of carbonyl (C=O) groups is 14. The summed E-state index contributed by atoms with van der Waals surface area (Å²) < 4.78 is 0. The van der Waals surface area contributed by atoms with E-state index >= 15 is 0 Å². The molecule has 10 aromatic rings. The number of carbonyl (C=O) groups excluding carboxylic acids is 14. The Morgan fingerprint density at radius 2 is 0.483 bits per heavy atom. The second-order valence-electron chi connectivity index (χ2n) is 40.0. The van der Waals surface area contributed by atoms with Crippen LogP contribution in [0.15, 0.2) is 243 Å². The Kier molecular flexibility index (Phi) is 32.2. The van der Waals surface area contributed by atoms with Crippen molar-refractivity contribution in [2.24, 2.45) is 5.92 Å². The van der Waals surface area contributed by atoms with Crippen LogP contribution in [0.1, 0.15) is 258 Å². The Morgan fingerprint density at radius 1 is 0.282 bits per heavy atom. The van der Waals surface area contributed by atoms with E-state index in [1.807, 2.05) is 194 Å². The smallest absolute Gasteiger partial charge is 0.317 e. The van der Waals surface area contributed by atoms with Crippen molar-refractivity contribution < 1.29 is 93.2 Å². The summed E-state index contributed by atoms with van der Waals surface area (Å²) in [5.41, 5.74) is 21.3. The summed E-state index contributed by atoms with van der Waals surface area (Å²) in [6.45, 7) is 18.0. The van der Waals surface area contributed by atoms with Crippen molar-refractivity contribution in [2.75, 3.05) is 79.5 Å². The number of amides is 16. The molecule has 12 N–H and O–H groups in total. The van der Waals surface area contributed by atoms with Crippen molar-refractivity contribution in [3.05, 3.63) is 354 Å². The first kappa shape index (κ1) is 106. The Balaban J connectivity index is 0.000000133. The van der Waals surface area contributed by atoms with E-state index in [1.54, 1.807) is 155 Å². The van der Waals surface area contributed by atoms with Gasteiger partial charge in [-0.25, -0.2) is 37.0 Å². The number of fused-ring (bicyclic) bond motifs is 10. The maximum Gasteiger partial charge on any atom is 0.317 e. The van der Waals surface area contributed by atoms with Crippen LogP contribution >= 0.6 is 0 Å². The molecule has 0 atom stereocenters. The van der Waals surface area contributed by atoms with E-state index in [4.69, 9.17) is 26.0 Å². The normalized spacial score (nSPS) is 17.4. The molecule has 5 saturated heterocycles. The van der Waals surface area contributed by atoms with Gasteiger partial charge in [0, 0.05) is 180 Å². The Morgan fingerprint density at radius 3 is 0.685 bits per heavy atom. The Bertz CT molecular complexity index is 6700. The highest BCUT2D eigenvalue weighted by Crippen LogP contribution is 2.53. The summed E-state index contributed by atoms with van der Waals surface area (Å²) in [6.07, 6.45) is 7.24. The van der Waals surface area contributed by atoms with Crippen LogP contribution in [0.25, 0.3) is 0 Å². The molecule has 10 aliphatic heterocycles. The van der Waals surface area contributed by atoms with Gasteiger partial charge in [0.2, 0.25) is 11.8 Å². The van der Waals surface area contributed by atoms with Crippen LogP contribution in [0.4, 0.5) is 9.59 Å². The highest BCUT2D eigenvalue weighted by molar-refractivity contribution is 6.04. The largest absolute Gasteiger partial charge is 0.343 e. The second kappa shape index (κ2) is 45.2. The fraction of sp³-hybridized carbons (Fsp3) is 0.345. The molecule has 36 nitrogen and oxygen atoms in total. The molecule has 36 heteroatoms. The van der Waals surface area contributed by atoms with Crippen LogP contribution in [-0.4, -0.2) is 244 Å². The highest BCUT2D eigenvalue weighted by atomic mass is 16.5. The zero-order valence-corrected chi connectivity index (χ0v) is 84.4. The van der Waals surface area contributed by atoms with Crippen LogP contribution in [0.5, 0.6) is 0 Å². The molecule has 10 heterocycles. The minimum absolute atomic E-state index is 0.00332. The molecule has 10 aromatic carbocycles. The molecule has 0 bridgehead atoms. The predicted octanol–water partition coefficient (Wildman–Crippen LogP) is 12.6. The average molecular weight is 2030 g/mol. The zero-order valence-electron chi connectivity index (χ0n) is 84.4. The van der Waals surface area contributed by atoms with Gasteiger partial charge in [-0.15, -0.1) is 0 Å². The second-order valence-corrected chi connectivity index (χ2v) is 40.0. The van der Waals surface area contributed by atoms with E-state index in [-0.39, 0.29) is 70.9 Å². The Labute approximate surface area is 863 Å². The number of hydrogen-bond acceptors (Lipinski definition) is 20. The molecule has 0 aliphatic carbocycles. The summed E-state index contributed by atoms with van der Waals surface area (Å²) in [5, 5.41) is 49.5. The molecule has 776 valence electrons. The van der Waals surface area contributed by atoms with Gasteiger partial charge in [0.05, 0.1) is 27.7 Å². The van der Waals surface area contributed by atoms with Crippen LogP contribution < -0.4 is 38.0 Å². The third-order valence-electron chi connectivity index (χ3n) is 31.0. The minimum atomic E-state index is -0.579. The molecule has 0 radical (unpaired) electrons. The lowest BCUT2D eigenvalue weighted by molar-refractivity contribution is -0.137. The minimum Gasteiger partial charge on any atom is -0.343 e. The molecule has 10 aliphatic rings. The maximum atomic E-state index is 13.4. The van der Waals surface area contributed by atoms with E-state index in [9.17, 15) is 67.1 Å². The van der Waals surface area contributed by atoms with E-state index < -0.39 is 51.7 Å². The zero-order chi connectivity index (χ0) is 106. The summed E-state index contributed by atoms with van der Waals surface area (Å²) in [6, 6.07) is 73.0. The summed E-state index contributed by atoms with van der Waals surface area (Å²) in [5.74, 6) is -2.65. The number of nitrogens with zero attached hydrogens (tertiary/aromatic N) is 10. The Hall–Kier alpha value is -15.9. The maximum absolute atomic E-state index is 13.4. The van der Waals surface area contributed by atoms with E-state index in [0.717, 1.165) is 98.3 Å². The van der Waals surface area contributed by atoms with Gasteiger partial charge in [0.25, 0.3) is 59.1 Å². The first-order valence-corrected chi connectivity index (χ1v) is 50.2. The summed E-state index contributed by atoms with van der Waals surface area (Å²) >= 11 is 0. The van der Waals surface area contributed by atoms with Crippen molar-refractivity contribution in [1.82, 2.24) is 87.0 Å². The van der Waals surface area contributed by atoms with E-state index in [0.29, 0.717) is 175 Å². The summed E-state index contributed by atoms with van der Waals surface area (Å²) in [7, 11) is 3.74. The topological polar surface area (TPSA) is 457 Å². The number of benzene rings is 10. The van der Waals surface area contributed by atoms with Gasteiger partial charge >= 0.3 is 12.1 Å². The standard InChI is InChI=1S/C24H28N4O4.C24H27N3O4.C22H24N4O4.C22H23N3O4.C21H23N3O3/c1-16(2)25-23(31)27-13-11-24(12-14-27)20-6-4-3-5-19(20)22(30)28(24)15-17-7-9-18(10-8-17)21(29)26-32;1-16(2)22(29)26-13-11-24(12-14-26)20-6-4-3-5-19(20)23(30)27(24)15-17-7-9-18(10-8-17)21(28)25-31;1-23-21(29)25-12-10-22(11-13-25)18-5-3-2-4-17(18)20(28)26(22)14-15-6-8-16(9-7-15)19(27)24-30;1-15(26)24-12-10-22(11-13-24)19-5-3-2-4-18(19)21(28)25(22)14-16-6-8-17(9-7-16)20(27)23-29;1-23-12-10-21(11-13-23)18-5-3-2-4-17(18)20(26)24(21)14-15-6-8-16(9-7-15)19(25)22-27/h3-10,16,32H,11-15H2,1-2H3,(H,25,31)(H,26,29);3-10,16,31H,11-15H2,1-2H3,(H,25,28);2-9,30H,10-14H2,1H3,(H,23,29)(H,24,27);2-9,29H,10-14H2,1H3,(H,23,27);2-9,27H,10-14H2,1H3,(H,22,25). The van der Waals surface area contributed by atoms with Gasteiger partial charge in [-0.3, -0.25) is 83.6 Å². The molecule has 0 saturated carbocycles. The van der Waals surface area contributed by atoms with Crippen molar-refractivity contribution in [2.45, 2.75) is 165 Å². The number of hydroxylamine groups is 5. The van der Waals surface area contributed by atoms with Gasteiger partial charge in [0.1, 0.15) is 0 Å². The van der Waals surface area contributed by atoms with Crippen molar-refractivity contribution in [1.29, 1.82) is 0 Å². The lowest BCUT2D eigenvalue weighted by atomic mass is 9.80. The molecule has 0 aromatic heterocycles. The molecule has 16 amide bonds. The molecular weight excluding hydrogens is 1900 g/mol. The molecule has 5 fully saturated rings. The van der Waals surface area contributed by atoms with Crippen molar-refractivity contribution >= 4 is 82.9 Å². The molecule has 5 spiro atoms. The van der Waals surface area contributed by atoms with Gasteiger partial charge in [0.15, 0.2) is 0 Å². The van der Waals surface area contributed by atoms with Crippen LogP contribution in [-0.2, 0) is 70.0 Å². The highest BCUT2D eigenvalue weighted by Gasteiger charge is 2.57. The number of piperidine rings is 5. The number of urea groups is 2. The molecule has 20 rings (SSSR count).